The van der Waals surface area contributed by atoms with Crippen LogP contribution in [0.15, 0.2) is 42.5 Å². The van der Waals surface area contributed by atoms with Gasteiger partial charge in [0.25, 0.3) is 0 Å². The van der Waals surface area contributed by atoms with Gasteiger partial charge in [-0.1, -0.05) is 35.9 Å². The van der Waals surface area contributed by atoms with Crippen LogP contribution in [0.25, 0.3) is 0 Å². The normalized spacial score (nSPS) is 12.4. The summed E-state index contributed by atoms with van der Waals surface area (Å²) >= 11 is 0. The summed E-state index contributed by atoms with van der Waals surface area (Å²) < 4.78 is 27.0. The van der Waals surface area contributed by atoms with Crippen LogP contribution in [0.3, 0.4) is 0 Å². The lowest BCUT2D eigenvalue weighted by molar-refractivity contribution is 0.533. The molecule has 0 aliphatic rings. The molecule has 2 aromatic carbocycles. The molecule has 1 nitrogen and oxygen atoms in total. The topological polar surface area (TPSA) is 26.0 Å². The Bertz CT molecular complexity index is 546. The second kappa shape index (κ2) is 5.93. The van der Waals surface area contributed by atoms with Gasteiger partial charge < -0.3 is 5.73 Å². The van der Waals surface area contributed by atoms with Gasteiger partial charge in [-0.25, -0.2) is 8.78 Å². The standard InChI is InChI=1S/C16H17F2N/c1-11-4-2-5-12(8-11)9-13(19)10-14-15(17)6-3-7-16(14)18/h2-8,13H,9-10,19H2,1H3. The molecule has 0 amide bonds. The number of rotatable bonds is 4. The molecule has 100 valence electrons. The highest BCUT2D eigenvalue weighted by Crippen LogP contribution is 2.15. The van der Waals surface area contributed by atoms with Crippen LogP contribution in [-0.4, -0.2) is 6.04 Å². The summed E-state index contributed by atoms with van der Waals surface area (Å²) in [6.45, 7) is 2.01. The van der Waals surface area contributed by atoms with Crippen molar-refractivity contribution in [2.75, 3.05) is 0 Å². The molecule has 0 heterocycles. The zero-order chi connectivity index (χ0) is 13.8. The van der Waals surface area contributed by atoms with Crippen molar-refractivity contribution in [3.8, 4) is 0 Å². The molecule has 0 aliphatic heterocycles. The van der Waals surface area contributed by atoms with Crippen molar-refractivity contribution >= 4 is 0 Å². The predicted molar refractivity (Wildman–Crippen MR) is 72.9 cm³/mol. The third kappa shape index (κ3) is 3.61. The maximum Gasteiger partial charge on any atom is 0.129 e. The molecule has 1 unspecified atom stereocenters. The minimum atomic E-state index is -0.528. The second-order valence-corrected chi connectivity index (χ2v) is 4.86. The van der Waals surface area contributed by atoms with Crippen molar-refractivity contribution in [3.63, 3.8) is 0 Å². The average Bonchev–Trinajstić information content (AvgIpc) is 2.34. The number of nitrogens with two attached hydrogens (primary N) is 1. The molecule has 0 spiro atoms. The van der Waals surface area contributed by atoms with Gasteiger partial charge in [-0.15, -0.1) is 0 Å². The first kappa shape index (κ1) is 13.7. The minimum absolute atomic E-state index is 0.0719. The highest BCUT2D eigenvalue weighted by atomic mass is 19.1. The van der Waals surface area contributed by atoms with Crippen LogP contribution < -0.4 is 5.73 Å². The van der Waals surface area contributed by atoms with E-state index in [-0.39, 0.29) is 18.0 Å². The Kier molecular flexibility index (Phi) is 4.27. The Morgan fingerprint density at radius 1 is 1.00 bits per heavy atom. The van der Waals surface area contributed by atoms with Crippen LogP contribution in [0.1, 0.15) is 16.7 Å². The summed E-state index contributed by atoms with van der Waals surface area (Å²) in [5, 5.41) is 0. The van der Waals surface area contributed by atoms with E-state index in [1.807, 2.05) is 31.2 Å². The van der Waals surface area contributed by atoms with Gasteiger partial charge in [-0.2, -0.15) is 0 Å². The summed E-state index contributed by atoms with van der Waals surface area (Å²) in [5.41, 5.74) is 8.31. The SMILES string of the molecule is Cc1cccc(CC(N)Cc2c(F)cccc2F)c1. The van der Waals surface area contributed by atoms with Gasteiger partial charge in [0, 0.05) is 11.6 Å². The molecule has 2 aromatic rings. The van der Waals surface area contributed by atoms with Gasteiger partial charge in [0.05, 0.1) is 0 Å². The van der Waals surface area contributed by atoms with Crippen LogP contribution in [0.5, 0.6) is 0 Å². The van der Waals surface area contributed by atoms with E-state index >= 15 is 0 Å². The summed E-state index contributed by atoms with van der Waals surface area (Å²) in [6, 6.07) is 11.6. The first-order valence-corrected chi connectivity index (χ1v) is 6.30. The maximum absolute atomic E-state index is 13.5. The third-order valence-electron chi connectivity index (χ3n) is 3.11. The van der Waals surface area contributed by atoms with E-state index in [0.717, 1.165) is 11.1 Å². The molecule has 0 saturated carbocycles. The lowest BCUT2D eigenvalue weighted by Gasteiger charge is -2.13. The van der Waals surface area contributed by atoms with E-state index in [1.54, 1.807) is 0 Å². The van der Waals surface area contributed by atoms with Crippen LogP contribution in [0, 0.1) is 18.6 Å². The fourth-order valence-corrected chi connectivity index (χ4v) is 2.20. The van der Waals surface area contributed by atoms with Gasteiger partial charge in [0.1, 0.15) is 11.6 Å². The van der Waals surface area contributed by atoms with Crippen LogP contribution in [0.2, 0.25) is 0 Å². The van der Waals surface area contributed by atoms with Gasteiger partial charge in [0.15, 0.2) is 0 Å². The van der Waals surface area contributed by atoms with Crippen molar-refractivity contribution in [1.29, 1.82) is 0 Å². The smallest absolute Gasteiger partial charge is 0.129 e. The summed E-state index contributed by atoms with van der Waals surface area (Å²) in [6.07, 6.45) is 0.807. The van der Waals surface area contributed by atoms with Crippen molar-refractivity contribution < 1.29 is 8.78 Å². The van der Waals surface area contributed by atoms with Crippen molar-refractivity contribution in [2.24, 2.45) is 5.73 Å². The molecule has 19 heavy (non-hydrogen) atoms. The van der Waals surface area contributed by atoms with E-state index < -0.39 is 11.6 Å². The fraction of sp³-hybridized carbons (Fsp3) is 0.250. The fourth-order valence-electron chi connectivity index (χ4n) is 2.20. The van der Waals surface area contributed by atoms with E-state index in [1.165, 1.54) is 18.2 Å². The molecule has 2 N–H and O–H groups in total. The van der Waals surface area contributed by atoms with Crippen molar-refractivity contribution in [2.45, 2.75) is 25.8 Å². The molecular formula is C16H17F2N. The highest BCUT2D eigenvalue weighted by molar-refractivity contribution is 5.25. The lowest BCUT2D eigenvalue weighted by Crippen LogP contribution is -2.26. The summed E-state index contributed by atoms with van der Waals surface area (Å²) in [4.78, 5) is 0. The van der Waals surface area contributed by atoms with Crippen LogP contribution >= 0.6 is 0 Å². The zero-order valence-electron chi connectivity index (χ0n) is 10.9. The number of benzene rings is 2. The van der Waals surface area contributed by atoms with Crippen LogP contribution in [0.4, 0.5) is 8.78 Å². The number of hydrogen-bond donors (Lipinski definition) is 1. The van der Waals surface area contributed by atoms with E-state index in [9.17, 15) is 8.78 Å². The summed E-state index contributed by atoms with van der Waals surface area (Å²) in [7, 11) is 0. The molecule has 2 rings (SSSR count). The summed E-state index contributed by atoms with van der Waals surface area (Å²) in [5.74, 6) is -1.06. The Morgan fingerprint density at radius 3 is 2.26 bits per heavy atom. The number of halogens is 2. The Labute approximate surface area is 112 Å². The first-order valence-electron chi connectivity index (χ1n) is 6.30. The molecule has 3 heteroatoms. The molecule has 0 saturated heterocycles. The third-order valence-corrected chi connectivity index (χ3v) is 3.11. The van der Waals surface area contributed by atoms with Crippen molar-refractivity contribution in [3.05, 3.63) is 70.8 Å². The monoisotopic (exact) mass is 261 g/mol. The molecule has 1 atom stereocenters. The van der Waals surface area contributed by atoms with Crippen LogP contribution in [-0.2, 0) is 12.8 Å². The Morgan fingerprint density at radius 2 is 1.63 bits per heavy atom. The quantitative estimate of drug-likeness (QED) is 0.897. The largest absolute Gasteiger partial charge is 0.327 e. The number of hydrogen-bond acceptors (Lipinski definition) is 1. The zero-order valence-corrected chi connectivity index (χ0v) is 10.9. The molecule has 0 aliphatic carbocycles. The molecule has 0 radical (unpaired) electrons. The van der Waals surface area contributed by atoms with Gasteiger partial charge in [-0.05, 0) is 37.5 Å². The first-order chi connectivity index (χ1) is 9.06. The van der Waals surface area contributed by atoms with E-state index in [2.05, 4.69) is 0 Å². The Hall–Kier alpha value is -1.74. The minimum Gasteiger partial charge on any atom is -0.327 e. The van der Waals surface area contributed by atoms with Gasteiger partial charge in [0.2, 0.25) is 0 Å². The number of aryl methyl sites for hydroxylation is 1. The molecule has 0 aromatic heterocycles. The predicted octanol–water partition coefficient (Wildman–Crippen LogP) is 3.39. The van der Waals surface area contributed by atoms with E-state index in [0.29, 0.717) is 6.42 Å². The average molecular weight is 261 g/mol. The molecular weight excluding hydrogens is 244 g/mol. The van der Waals surface area contributed by atoms with E-state index in [4.69, 9.17) is 5.73 Å². The van der Waals surface area contributed by atoms with Gasteiger partial charge in [-0.3, -0.25) is 0 Å². The Balaban J connectivity index is 2.07. The van der Waals surface area contributed by atoms with Gasteiger partial charge >= 0.3 is 0 Å². The second-order valence-electron chi connectivity index (χ2n) is 4.86. The molecule has 0 fully saturated rings. The van der Waals surface area contributed by atoms with Crippen molar-refractivity contribution in [1.82, 2.24) is 0 Å². The molecule has 0 bridgehead atoms. The lowest BCUT2D eigenvalue weighted by atomic mass is 9.98. The highest BCUT2D eigenvalue weighted by Gasteiger charge is 2.13. The maximum atomic E-state index is 13.5.